The second-order valence-corrected chi connectivity index (χ2v) is 10.8. The van der Waals surface area contributed by atoms with Crippen LogP contribution in [0.25, 0.3) is 0 Å². The molecule has 1 aromatic heterocycles. The van der Waals surface area contributed by atoms with Crippen molar-refractivity contribution in [2.24, 2.45) is 7.05 Å². The Morgan fingerprint density at radius 1 is 1.25 bits per heavy atom. The Balaban J connectivity index is 1.31. The van der Waals surface area contributed by atoms with Crippen LogP contribution in [-0.4, -0.2) is 106 Å². The van der Waals surface area contributed by atoms with Crippen molar-refractivity contribution >= 4 is 53.4 Å². The van der Waals surface area contributed by atoms with Gasteiger partial charge in [0.05, 0.1) is 6.54 Å². The van der Waals surface area contributed by atoms with Crippen molar-refractivity contribution in [3.63, 3.8) is 0 Å². The summed E-state index contributed by atoms with van der Waals surface area (Å²) < 4.78 is 6.22. The molecule has 5 amide bonds. The largest absolute Gasteiger partial charge is 0.508 e. The number of aliphatic carboxylic acids is 1. The first-order valence-electron chi connectivity index (χ1n) is 11.7. The van der Waals surface area contributed by atoms with Gasteiger partial charge in [-0.1, -0.05) is 23.9 Å². The van der Waals surface area contributed by atoms with E-state index in [0.29, 0.717) is 10.7 Å². The summed E-state index contributed by atoms with van der Waals surface area (Å²) in [5, 5.41) is 35.6. The number of aromatic hydroxyl groups is 1. The number of cyclic esters (lactones) is 1. The van der Waals surface area contributed by atoms with Crippen molar-refractivity contribution in [1.82, 2.24) is 40.6 Å². The number of ether oxygens (including phenoxy) is 1. The quantitative estimate of drug-likeness (QED) is 0.229. The molecule has 3 aliphatic rings. The summed E-state index contributed by atoms with van der Waals surface area (Å²) in [4.78, 5) is 65.1. The molecule has 4 heterocycles. The molecule has 1 unspecified atom stereocenters. The maximum absolute atomic E-state index is 13.4. The molecule has 16 nitrogen and oxygen atoms in total. The summed E-state index contributed by atoms with van der Waals surface area (Å²) in [7, 11) is 1.65. The van der Waals surface area contributed by atoms with Crippen LogP contribution < -0.4 is 10.6 Å². The Bertz CT molecular complexity index is 1410. The van der Waals surface area contributed by atoms with Crippen molar-refractivity contribution in [3.05, 3.63) is 41.1 Å². The third-order valence-corrected chi connectivity index (χ3v) is 8.70. The molecule has 0 aliphatic carbocycles. The molecule has 18 heteroatoms. The maximum atomic E-state index is 13.4. The second kappa shape index (κ2) is 11.0. The zero-order chi connectivity index (χ0) is 28.6. The highest BCUT2D eigenvalue weighted by atomic mass is 32.2. The van der Waals surface area contributed by atoms with Gasteiger partial charge in [-0.15, -0.1) is 16.9 Å². The number of nitrogens with one attached hydrogen (secondary N) is 2. The van der Waals surface area contributed by atoms with E-state index in [0.717, 1.165) is 9.80 Å². The fourth-order valence-corrected chi connectivity index (χ4v) is 6.61. The summed E-state index contributed by atoms with van der Waals surface area (Å²) in [6.07, 6.45) is -0.858. The highest BCUT2D eigenvalue weighted by Gasteiger charge is 2.54. The minimum absolute atomic E-state index is 0.00145. The standard InChI is InChI=1S/C22H22N8O8S2/c1-28-21(25-26-27-28)40-9-11-8-39-18-14(17(33)30(18)15(11)19(34)35)23-16(32)13(10-2-4-12(31)5-3-10)24-20(36)29-6-7-38-22(29)37/h2-5,13-14,18,31H,6-9H2,1H3,(H,23,32)(H,24,36)(H,34,35)/t13-,14?,18-/m1/s1. The Labute approximate surface area is 234 Å². The highest BCUT2D eigenvalue weighted by Crippen LogP contribution is 2.41. The normalized spacial score (nSPS) is 20.9. The topological polar surface area (TPSA) is 209 Å². The van der Waals surface area contributed by atoms with Gasteiger partial charge in [-0.25, -0.2) is 24.0 Å². The second-order valence-electron chi connectivity index (χ2n) is 8.77. The zero-order valence-electron chi connectivity index (χ0n) is 20.7. The van der Waals surface area contributed by atoms with Gasteiger partial charge in [-0.3, -0.25) is 14.5 Å². The van der Waals surface area contributed by atoms with Crippen LogP contribution in [0.4, 0.5) is 9.59 Å². The molecule has 0 saturated carbocycles. The van der Waals surface area contributed by atoms with Gasteiger partial charge in [0.2, 0.25) is 11.1 Å². The molecule has 2 fully saturated rings. The number of amides is 5. The molecule has 2 saturated heterocycles. The number of carbonyl (C=O) groups is 5. The number of hydrogen-bond donors (Lipinski definition) is 4. The van der Waals surface area contributed by atoms with Crippen LogP contribution in [0.2, 0.25) is 0 Å². The number of imide groups is 1. The molecule has 210 valence electrons. The van der Waals surface area contributed by atoms with Gasteiger partial charge in [0.1, 0.15) is 35.5 Å². The van der Waals surface area contributed by atoms with Gasteiger partial charge in [0.15, 0.2) is 0 Å². The van der Waals surface area contributed by atoms with Crippen LogP contribution in [0.1, 0.15) is 11.6 Å². The lowest BCUT2D eigenvalue weighted by Crippen LogP contribution is -2.71. The molecule has 5 rings (SSSR count). The molecule has 3 atom stereocenters. The number of hydrogen-bond acceptors (Lipinski definition) is 12. The summed E-state index contributed by atoms with van der Waals surface area (Å²) in [6.45, 7) is 0.0184. The van der Waals surface area contributed by atoms with Crippen LogP contribution in [0.5, 0.6) is 5.75 Å². The number of rotatable bonds is 8. The molecule has 0 bridgehead atoms. The Kier molecular flexibility index (Phi) is 7.53. The van der Waals surface area contributed by atoms with Crippen LogP contribution >= 0.6 is 23.5 Å². The molecular weight excluding hydrogens is 568 g/mol. The predicted octanol–water partition coefficient (Wildman–Crippen LogP) is -0.350. The summed E-state index contributed by atoms with van der Waals surface area (Å²) in [5.41, 5.74) is 0.629. The fourth-order valence-electron chi connectivity index (χ4n) is 4.27. The van der Waals surface area contributed by atoms with E-state index in [1.807, 2.05) is 0 Å². The first-order chi connectivity index (χ1) is 19.2. The minimum Gasteiger partial charge on any atom is -0.508 e. The molecule has 40 heavy (non-hydrogen) atoms. The van der Waals surface area contributed by atoms with Crippen LogP contribution in [-0.2, 0) is 26.2 Å². The molecule has 2 aromatic rings. The lowest BCUT2D eigenvalue weighted by molar-refractivity contribution is -0.151. The number of benzene rings is 1. The number of thioether (sulfide) groups is 2. The number of carboxylic acids is 1. The van der Waals surface area contributed by atoms with E-state index in [-0.39, 0.29) is 41.7 Å². The highest BCUT2D eigenvalue weighted by molar-refractivity contribution is 8.01. The SMILES string of the molecule is Cn1nnnc1SCC1=C(C(=O)O)N2C(=O)C(NC(=O)[C@H](NC(=O)N3CCOC3=O)c3ccc(O)cc3)[C@H]2SC1. The molecule has 1 aromatic carbocycles. The van der Waals surface area contributed by atoms with Gasteiger partial charge in [-0.05, 0) is 33.7 Å². The van der Waals surface area contributed by atoms with E-state index >= 15 is 0 Å². The molecule has 3 aliphatic heterocycles. The molecular formula is C22H22N8O8S2. The zero-order valence-corrected chi connectivity index (χ0v) is 22.3. The first kappa shape index (κ1) is 27.3. The van der Waals surface area contributed by atoms with Crippen molar-refractivity contribution in [1.29, 1.82) is 0 Å². The number of phenols is 1. The Morgan fingerprint density at radius 2 is 2.00 bits per heavy atom. The maximum Gasteiger partial charge on any atom is 0.418 e. The van der Waals surface area contributed by atoms with Crippen molar-refractivity contribution < 1.29 is 38.9 Å². The number of tetrazole rings is 1. The number of fused-ring (bicyclic) bond motifs is 1. The van der Waals surface area contributed by atoms with Crippen molar-refractivity contribution in [2.45, 2.75) is 22.6 Å². The third kappa shape index (κ3) is 5.14. The third-order valence-electron chi connectivity index (χ3n) is 6.27. The average molecular weight is 591 g/mol. The smallest absolute Gasteiger partial charge is 0.418 e. The number of β-lactam (4-membered cyclic amide) rings is 1. The number of aromatic nitrogens is 4. The number of aryl methyl sites for hydroxylation is 1. The van der Waals surface area contributed by atoms with Gasteiger partial charge in [-0.2, -0.15) is 0 Å². The average Bonchev–Trinajstić information content (AvgIpc) is 3.56. The number of urea groups is 1. The van der Waals surface area contributed by atoms with E-state index in [2.05, 4.69) is 26.2 Å². The van der Waals surface area contributed by atoms with E-state index in [1.54, 1.807) is 7.05 Å². The van der Waals surface area contributed by atoms with Gasteiger partial charge in [0.25, 0.3) is 5.91 Å². The lowest BCUT2D eigenvalue weighted by Gasteiger charge is -2.49. The number of phenolic OH excluding ortho intramolecular Hbond substituents is 1. The molecule has 0 spiro atoms. The lowest BCUT2D eigenvalue weighted by atomic mass is 10.0. The molecule has 4 N–H and O–H groups in total. The predicted molar refractivity (Wildman–Crippen MR) is 137 cm³/mol. The van der Waals surface area contributed by atoms with E-state index in [4.69, 9.17) is 4.74 Å². The van der Waals surface area contributed by atoms with Gasteiger partial charge in [0, 0.05) is 18.6 Å². The monoisotopic (exact) mass is 590 g/mol. The van der Waals surface area contributed by atoms with Gasteiger partial charge < -0.3 is 25.6 Å². The number of carboxylic acid groups (broad SMARTS) is 1. The van der Waals surface area contributed by atoms with Crippen LogP contribution in [0.3, 0.4) is 0 Å². The van der Waals surface area contributed by atoms with Gasteiger partial charge >= 0.3 is 18.1 Å². The summed E-state index contributed by atoms with van der Waals surface area (Å²) in [5.74, 6) is -2.20. The van der Waals surface area contributed by atoms with E-state index in [9.17, 15) is 34.2 Å². The van der Waals surface area contributed by atoms with Crippen molar-refractivity contribution in [2.75, 3.05) is 24.7 Å². The van der Waals surface area contributed by atoms with Crippen LogP contribution in [0, 0.1) is 0 Å². The Hall–Kier alpha value is -4.32. The van der Waals surface area contributed by atoms with E-state index in [1.165, 1.54) is 52.5 Å². The van der Waals surface area contributed by atoms with Crippen molar-refractivity contribution in [3.8, 4) is 5.75 Å². The Morgan fingerprint density at radius 3 is 2.62 bits per heavy atom. The number of carbonyl (C=O) groups excluding carboxylic acids is 4. The summed E-state index contributed by atoms with van der Waals surface area (Å²) in [6, 6.07) is 2.19. The first-order valence-corrected chi connectivity index (χ1v) is 13.8. The number of nitrogens with zero attached hydrogens (tertiary/aromatic N) is 6. The van der Waals surface area contributed by atoms with Crippen LogP contribution in [0.15, 0.2) is 40.7 Å². The van der Waals surface area contributed by atoms with E-state index < -0.39 is 47.4 Å². The summed E-state index contributed by atoms with van der Waals surface area (Å²) >= 11 is 2.52. The molecule has 0 radical (unpaired) electrons. The fraction of sp³-hybridized carbons (Fsp3) is 0.364. The minimum atomic E-state index is -1.33.